The van der Waals surface area contributed by atoms with Crippen molar-refractivity contribution in [3.05, 3.63) is 362 Å². The summed E-state index contributed by atoms with van der Waals surface area (Å²) in [6.07, 6.45) is 0.766. The summed E-state index contributed by atoms with van der Waals surface area (Å²) in [7, 11) is 0. The van der Waals surface area contributed by atoms with E-state index in [2.05, 4.69) is 372 Å². The highest BCUT2D eigenvalue weighted by molar-refractivity contribution is 6.01. The van der Waals surface area contributed by atoms with Crippen molar-refractivity contribution in [1.82, 2.24) is 0 Å². The third-order valence-electron chi connectivity index (χ3n) is 16.3. The fraction of sp³-hybridized carbons (Fsp3) is 0.0244. The molecule has 0 fully saturated rings. The van der Waals surface area contributed by atoms with Crippen LogP contribution in [0, 0.1) is 6.92 Å². The lowest BCUT2D eigenvalue weighted by Crippen LogP contribution is -2.11. The van der Waals surface area contributed by atoms with Gasteiger partial charge in [0.05, 0.1) is 11.4 Å². The molecule has 0 radical (unpaired) electrons. The molecule has 0 spiro atoms. The van der Waals surface area contributed by atoms with E-state index in [1.165, 1.54) is 38.2 Å². The van der Waals surface area contributed by atoms with Gasteiger partial charge in [0.25, 0.3) is 0 Å². The molecule has 410 valence electrons. The van der Waals surface area contributed by atoms with Crippen LogP contribution in [0.25, 0.3) is 43.8 Å². The summed E-state index contributed by atoms with van der Waals surface area (Å²) in [5.41, 5.74) is 21.7. The van der Waals surface area contributed by atoms with E-state index in [1.54, 1.807) is 0 Å². The van der Waals surface area contributed by atoms with Crippen LogP contribution >= 0.6 is 0 Å². The second-order valence-electron chi connectivity index (χ2n) is 21.8. The van der Waals surface area contributed by atoms with Crippen LogP contribution in [-0.2, 0) is 6.42 Å². The molecule has 0 bridgehead atoms. The fourth-order valence-corrected chi connectivity index (χ4v) is 12.2. The molecule has 0 atom stereocenters. The molecule has 0 N–H and O–H groups in total. The molecule has 0 saturated heterocycles. The average molecular weight is 1100 g/mol. The molecule has 0 aliphatic heterocycles. The Bertz CT molecular complexity index is 4580. The molecule has 14 rings (SSSR count). The minimum Gasteiger partial charge on any atom is -0.310 e. The minimum atomic E-state index is 0.766. The van der Waals surface area contributed by atoms with Crippen molar-refractivity contribution in [1.29, 1.82) is 0 Å². The maximum atomic E-state index is 2.39. The molecule has 0 aliphatic rings. The molecule has 0 unspecified atom stereocenters. The summed E-state index contributed by atoms with van der Waals surface area (Å²) in [5, 5.41) is 4.85. The Morgan fingerprint density at radius 3 is 1.03 bits per heavy atom. The fourth-order valence-electron chi connectivity index (χ4n) is 12.2. The van der Waals surface area contributed by atoms with Crippen molar-refractivity contribution in [2.75, 3.05) is 19.6 Å². The van der Waals surface area contributed by atoms with Crippen LogP contribution in [0.2, 0.25) is 0 Å². The van der Waals surface area contributed by atoms with Crippen molar-refractivity contribution in [2.45, 2.75) is 13.3 Å². The van der Waals surface area contributed by atoms with Gasteiger partial charge >= 0.3 is 0 Å². The molecule has 0 heterocycles. The summed E-state index contributed by atoms with van der Waals surface area (Å²) < 4.78 is 0. The zero-order valence-corrected chi connectivity index (χ0v) is 47.9. The molecular formula is C82H62N4. The van der Waals surface area contributed by atoms with E-state index in [4.69, 9.17) is 0 Å². The smallest absolute Gasteiger partial charge is 0.0540 e. The lowest BCUT2D eigenvalue weighted by atomic mass is 9.96. The molecule has 4 nitrogen and oxygen atoms in total. The molecule has 14 aromatic carbocycles. The molecule has 14 aromatic rings. The summed E-state index contributed by atoms with van der Waals surface area (Å²) in [4.78, 5) is 9.43. The third kappa shape index (κ3) is 10.9. The number of nitrogens with zero attached hydrogens (tertiary/aromatic N) is 4. The molecule has 0 aromatic heterocycles. The first-order chi connectivity index (χ1) is 42.6. The summed E-state index contributed by atoms with van der Waals surface area (Å²) in [5.74, 6) is 0. The highest BCUT2D eigenvalue weighted by Gasteiger charge is 2.20. The average Bonchev–Trinajstić information content (AvgIpc) is 2.93. The quantitative estimate of drug-likeness (QED) is 0.0956. The molecule has 0 amide bonds. The van der Waals surface area contributed by atoms with Gasteiger partial charge in [-0.1, -0.05) is 212 Å². The largest absolute Gasteiger partial charge is 0.310 e. The highest BCUT2D eigenvalue weighted by atomic mass is 15.2. The third-order valence-corrected chi connectivity index (χ3v) is 16.3. The van der Waals surface area contributed by atoms with E-state index in [0.29, 0.717) is 0 Å². The number of aryl methyl sites for hydroxylation is 1. The van der Waals surface area contributed by atoms with Gasteiger partial charge in [0.15, 0.2) is 0 Å². The highest BCUT2D eigenvalue weighted by Crippen LogP contribution is 2.44. The zero-order chi connectivity index (χ0) is 57.6. The number of fused-ring (bicyclic) bond motifs is 2. The van der Waals surface area contributed by atoms with Gasteiger partial charge in [0.2, 0.25) is 0 Å². The zero-order valence-electron chi connectivity index (χ0n) is 47.9. The number of para-hydroxylation sites is 4. The Morgan fingerprint density at radius 1 is 0.221 bits per heavy atom. The number of anilines is 12. The number of benzene rings is 14. The van der Waals surface area contributed by atoms with Crippen LogP contribution in [-0.4, -0.2) is 0 Å². The van der Waals surface area contributed by atoms with Gasteiger partial charge in [-0.3, -0.25) is 0 Å². The second-order valence-corrected chi connectivity index (χ2v) is 21.8. The van der Waals surface area contributed by atoms with Gasteiger partial charge < -0.3 is 19.6 Å². The van der Waals surface area contributed by atoms with Crippen LogP contribution in [0.1, 0.15) is 16.7 Å². The van der Waals surface area contributed by atoms with Crippen molar-refractivity contribution in [3.8, 4) is 22.3 Å². The minimum absolute atomic E-state index is 0.766. The Hall–Kier alpha value is -11.2. The molecule has 0 saturated carbocycles. The van der Waals surface area contributed by atoms with Crippen LogP contribution < -0.4 is 19.6 Å². The van der Waals surface area contributed by atoms with E-state index in [0.717, 1.165) is 96.9 Å². The van der Waals surface area contributed by atoms with E-state index in [9.17, 15) is 0 Å². The standard InChI is InChI=1S/C82H62N4/c1-60-21-16-34-76(57-60)83(68-26-6-2-7-27-68)72-49-41-62(42-50-72)63-43-51-73(52-44-63)84(69-28-8-3-9-29-69)77-35-17-22-61(59-77)58-67-25-18-38-80-78(67)37-20-40-82(80)86(71-32-12-5-13-33-71)75-55-47-65(48-56-75)64-45-53-74(54-46-64)85(70-30-10-4-11-31-70)81-39-19-24-66-23-14-15-36-79(66)81/h2-57,59H,58H2,1H3. The topological polar surface area (TPSA) is 13.0 Å². The SMILES string of the molecule is Cc1cccc(N(c2ccccc2)c2ccc(-c3ccc(N(c4ccccc4)c4cccc(Cc5cccc6c(N(c7ccccc7)c7ccc(-c8ccc(N(c9ccccc9)c9cccc%10ccccc9%10)cc8)cc7)cccc56)c4)cc3)cc2)c1. The molecule has 0 aliphatic carbocycles. The van der Waals surface area contributed by atoms with E-state index < -0.39 is 0 Å². The summed E-state index contributed by atoms with van der Waals surface area (Å²) >= 11 is 0. The monoisotopic (exact) mass is 1100 g/mol. The van der Waals surface area contributed by atoms with Gasteiger partial charge in [-0.15, -0.1) is 0 Å². The van der Waals surface area contributed by atoms with Crippen molar-refractivity contribution in [2.24, 2.45) is 0 Å². The van der Waals surface area contributed by atoms with Gasteiger partial charge in [0.1, 0.15) is 0 Å². The van der Waals surface area contributed by atoms with Crippen LogP contribution in [0.3, 0.4) is 0 Å². The van der Waals surface area contributed by atoms with Gasteiger partial charge in [-0.2, -0.15) is 0 Å². The lowest BCUT2D eigenvalue weighted by Gasteiger charge is -2.28. The first-order valence-corrected chi connectivity index (χ1v) is 29.5. The van der Waals surface area contributed by atoms with Gasteiger partial charge in [-0.25, -0.2) is 0 Å². The maximum Gasteiger partial charge on any atom is 0.0540 e. The molecular weight excluding hydrogens is 1040 g/mol. The summed E-state index contributed by atoms with van der Waals surface area (Å²) in [6, 6.07) is 125. The van der Waals surface area contributed by atoms with Crippen molar-refractivity contribution >= 4 is 89.8 Å². The van der Waals surface area contributed by atoms with Gasteiger partial charge in [0, 0.05) is 67.6 Å². The first-order valence-electron chi connectivity index (χ1n) is 29.5. The predicted molar refractivity (Wildman–Crippen MR) is 365 cm³/mol. The second kappa shape index (κ2) is 23.9. The van der Waals surface area contributed by atoms with Gasteiger partial charge in [-0.05, 0) is 197 Å². The number of hydrogen-bond acceptors (Lipinski definition) is 4. The Kier molecular flexibility index (Phi) is 14.7. The Morgan fingerprint density at radius 2 is 0.547 bits per heavy atom. The Labute approximate surface area is 504 Å². The molecule has 4 heteroatoms. The van der Waals surface area contributed by atoms with E-state index >= 15 is 0 Å². The predicted octanol–water partition coefficient (Wildman–Crippen LogP) is 23.1. The summed E-state index contributed by atoms with van der Waals surface area (Å²) in [6.45, 7) is 2.14. The van der Waals surface area contributed by atoms with E-state index in [-0.39, 0.29) is 0 Å². The first kappa shape index (κ1) is 52.8. The lowest BCUT2D eigenvalue weighted by molar-refractivity contribution is 1.19. The number of rotatable bonds is 16. The normalized spacial score (nSPS) is 11.1. The van der Waals surface area contributed by atoms with Crippen LogP contribution in [0.5, 0.6) is 0 Å². The number of hydrogen-bond donors (Lipinski definition) is 0. The van der Waals surface area contributed by atoms with Crippen LogP contribution in [0.15, 0.2) is 346 Å². The Balaban J connectivity index is 0.739. The van der Waals surface area contributed by atoms with E-state index in [1.807, 2.05) is 0 Å². The van der Waals surface area contributed by atoms with Crippen molar-refractivity contribution in [3.63, 3.8) is 0 Å². The van der Waals surface area contributed by atoms with Crippen LogP contribution in [0.4, 0.5) is 68.2 Å². The molecule has 86 heavy (non-hydrogen) atoms. The van der Waals surface area contributed by atoms with Crippen molar-refractivity contribution < 1.29 is 0 Å². The maximum absolute atomic E-state index is 2.39.